The Morgan fingerprint density at radius 3 is 3.11 bits per heavy atom. The zero-order chi connectivity index (χ0) is 13.1. The van der Waals surface area contributed by atoms with E-state index in [1.807, 2.05) is 6.07 Å². The normalized spacial score (nSPS) is 20.0. The number of rotatable bonds is 3. The molecule has 0 spiro atoms. The molecule has 5 heteroatoms. The highest BCUT2D eigenvalue weighted by Gasteiger charge is 2.30. The van der Waals surface area contributed by atoms with Crippen LogP contribution in [0.3, 0.4) is 0 Å². The average Bonchev–Trinajstić information content (AvgIpc) is 2.81. The summed E-state index contributed by atoms with van der Waals surface area (Å²) in [5.74, 6) is 0.336. The Hall–Kier alpha value is -1.07. The standard InChI is InChI=1S/C13H17BrN2O2/c1-15-13(18)11-3-2-6-16(11)8-9-7-10(14)4-5-12(9)17/h4-5,7,11,17H,2-3,6,8H2,1H3,(H,15,18). The third-order valence-electron chi connectivity index (χ3n) is 3.33. The first kappa shape index (κ1) is 13.4. The fraction of sp³-hybridized carbons (Fsp3) is 0.462. The predicted molar refractivity (Wildman–Crippen MR) is 73.3 cm³/mol. The molecule has 18 heavy (non-hydrogen) atoms. The van der Waals surface area contributed by atoms with Crippen molar-refractivity contribution in [2.45, 2.75) is 25.4 Å². The van der Waals surface area contributed by atoms with Gasteiger partial charge in [-0.15, -0.1) is 0 Å². The Labute approximate surface area is 115 Å². The summed E-state index contributed by atoms with van der Waals surface area (Å²) in [6, 6.07) is 5.30. The van der Waals surface area contributed by atoms with Crippen LogP contribution < -0.4 is 5.32 Å². The summed E-state index contributed by atoms with van der Waals surface area (Å²) in [6.07, 6.45) is 1.90. The van der Waals surface area contributed by atoms with Gasteiger partial charge in [0.05, 0.1) is 6.04 Å². The summed E-state index contributed by atoms with van der Waals surface area (Å²) in [5.41, 5.74) is 0.847. The number of carbonyl (C=O) groups is 1. The number of hydrogen-bond donors (Lipinski definition) is 2. The fourth-order valence-electron chi connectivity index (χ4n) is 2.38. The van der Waals surface area contributed by atoms with Crippen molar-refractivity contribution in [1.82, 2.24) is 10.2 Å². The number of nitrogens with zero attached hydrogens (tertiary/aromatic N) is 1. The van der Waals surface area contributed by atoms with Gasteiger partial charge in [-0.1, -0.05) is 15.9 Å². The van der Waals surface area contributed by atoms with Crippen molar-refractivity contribution < 1.29 is 9.90 Å². The second-order valence-electron chi connectivity index (χ2n) is 4.52. The van der Waals surface area contributed by atoms with Gasteiger partial charge in [0.2, 0.25) is 5.91 Å². The van der Waals surface area contributed by atoms with Crippen LogP contribution in [0.2, 0.25) is 0 Å². The van der Waals surface area contributed by atoms with Gasteiger partial charge in [0.1, 0.15) is 5.75 Å². The van der Waals surface area contributed by atoms with Gasteiger partial charge >= 0.3 is 0 Å². The first-order chi connectivity index (χ1) is 8.61. The summed E-state index contributed by atoms with van der Waals surface area (Å²) in [4.78, 5) is 13.9. The minimum Gasteiger partial charge on any atom is -0.508 e. The van der Waals surface area contributed by atoms with Crippen molar-refractivity contribution in [1.29, 1.82) is 0 Å². The molecule has 1 amide bonds. The summed E-state index contributed by atoms with van der Waals surface area (Å²) >= 11 is 3.39. The van der Waals surface area contributed by atoms with Crippen LogP contribution in [-0.4, -0.2) is 35.5 Å². The summed E-state index contributed by atoms with van der Waals surface area (Å²) in [7, 11) is 1.66. The van der Waals surface area contributed by atoms with E-state index < -0.39 is 0 Å². The molecule has 0 bridgehead atoms. The smallest absolute Gasteiger partial charge is 0.237 e. The number of likely N-dealkylation sites (tertiary alicyclic amines) is 1. The Morgan fingerprint density at radius 1 is 1.61 bits per heavy atom. The van der Waals surface area contributed by atoms with Gasteiger partial charge in [-0.2, -0.15) is 0 Å². The van der Waals surface area contributed by atoms with Crippen molar-refractivity contribution in [3.05, 3.63) is 28.2 Å². The molecule has 1 aromatic rings. The molecule has 1 aliphatic heterocycles. The Morgan fingerprint density at radius 2 is 2.39 bits per heavy atom. The molecule has 1 unspecified atom stereocenters. The van der Waals surface area contributed by atoms with Crippen molar-refractivity contribution >= 4 is 21.8 Å². The maximum absolute atomic E-state index is 11.7. The number of phenols is 1. The molecule has 2 rings (SSSR count). The van der Waals surface area contributed by atoms with Crippen LogP contribution in [0.1, 0.15) is 18.4 Å². The summed E-state index contributed by atoms with van der Waals surface area (Å²) in [6.45, 7) is 1.49. The van der Waals surface area contributed by atoms with Crippen LogP contribution in [0, 0.1) is 0 Å². The van der Waals surface area contributed by atoms with E-state index in [-0.39, 0.29) is 17.7 Å². The van der Waals surface area contributed by atoms with Crippen LogP contribution in [0.25, 0.3) is 0 Å². The lowest BCUT2D eigenvalue weighted by Crippen LogP contribution is -2.41. The highest BCUT2D eigenvalue weighted by Crippen LogP contribution is 2.26. The SMILES string of the molecule is CNC(=O)C1CCCN1Cc1cc(Br)ccc1O. The summed E-state index contributed by atoms with van der Waals surface area (Å²) < 4.78 is 0.936. The lowest BCUT2D eigenvalue weighted by Gasteiger charge is -2.23. The number of aromatic hydroxyl groups is 1. The highest BCUT2D eigenvalue weighted by atomic mass is 79.9. The molecule has 1 atom stereocenters. The lowest BCUT2D eigenvalue weighted by atomic mass is 10.1. The Balaban J connectivity index is 2.13. The number of benzene rings is 1. The van der Waals surface area contributed by atoms with E-state index >= 15 is 0 Å². The molecule has 4 nitrogen and oxygen atoms in total. The number of hydrogen-bond acceptors (Lipinski definition) is 3. The van der Waals surface area contributed by atoms with Crippen LogP contribution in [0.4, 0.5) is 0 Å². The molecule has 1 saturated heterocycles. The molecule has 0 radical (unpaired) electrons. The molecule has 0 aliphatic carbocycles. The van der Waals surface area contributed by atoms with Gasteiger partial charge in [-0.3, -0.25) is 9.69 Å². The van der Waals surface area contributed by atoms with E-state index in [4.69, 9.17) is 0 Å². The van der Waals surface area contributed by atoms with E-state index in [9.17, 15) is 9.90 Å². The monoisotopic (exact) mass is 312 g/mol. The van der Waals surface area contributed by atoms with E-state index in [1.165, 1.54) is 0 Å². The number of likely N-dealkylation sites (N-methyl/N-ethyl adjacent to an activating group) is 1. The van der Waals surface area contributed by atoms with Gasteiger partial charge < -0.3 is 10.4 Å². The van der Waals surface area contributed by atoms with E-state index in [2.05, 4.69) is 26.1 Å². The van der Waals surface area contributed by atoms with Gasteiger partial charge in [-0.05, 0) is 37.6 Å². The second-order valence-corrected chi connectivity index (χ2v) is 5.43. The number of phenolic OH excluding ortho intramolecular Hbond substituents is 1. The van der Waals surface area contributed by atoms with Crippen LogP contribution in [0.15, 0.2) is 22.7 Å². The van der Waals surface area contributed by atoms with E-state index in [1.54, 1.807) is 19.2 Å². The van der Waals surface area contributed by atoms with Crippen LogP contribution >= 0.6 is 15.9 Å². The molecule has 0 saturated carbocycles. The number of carbonyl (C=O) groups excluding carboxylic acids is 1. The molecule has 1 aliphatic rings. The molecule has 1 fully saturated rings. The van der Waals surface area contributed by atoms with Gasteiger partial charge in [0.25, 0.3) is 0 Å². The molecule has 1 aromatic carbocycles. The minimum atomic E-state index is -0.0756. The maximum atomic E-state index is 11.7. The molecule has 98 valence electrons. The van der Waals surface area contributed by atoms with Crippen LogP contribution in [-0.2, 0) is 11.3 Å². The number of amides is 1. The fourth-order valence-corrected chi connectivity index (χ4v) is 2.79. The lowest BCUT2D eigenvalue weighted by molar-refractivity contribution is -0.125. The molecular weight excluding hydrogens is 296 g/mol. The molecule has 2 N–H and O–H groups in total. The third-order valence-corrected chi connectivity index (χ3v) is 3.82. The van der Waals surface area contributed by atoms with Crippen molar-refractivity contribution in [3.63, 3.8) is 0 Å². The quantitative estimate of drug-likeness (QED) is 0.896. The Kier molecular flexibility index (Phi) is 4.24. The van der Waals surface area contributed by atoms with E-state index in [0.29, 0.717) is 6.54 Å². The largest absolute Gasteiger partial charge is 0.508 e. The maximum Gasteiger partial charge on any atom is 0.237 e. The van der Waals surface area contributed by atoms with E-state index in [0.717, 1.165) is 29.4 Å². The van der Waals surface area contributed by atoms with Gasteiger partial charge in [-0.25, -0.2) is 0 Å². The highest BCUT2D eigenvalue weighted by molar-refractivity contribution is 9.10. The first-order valence-electron chi connectivity index (χ1n) is 6.05. The Bertz CT molecular complexity index is 451. The van der Waals surface area contributed by atoms with Gasteiger partial charge in [0.15, 0.2) is 0 Å². The predicted octanol–water partition coefficient (Wildman–Crippen LogP) is 1.87. The number of halogens is 1. The second kappa shape index (κ2) is 5.71. The molecule has 1 heterocycles. The van der Waals surface area contributed by atoms with Crippen molar-refractivity contribution in [2.24, 2.45) is 0 Å². The topological polar surface area (TPSA) is 52.6 Å². The molecular formula is C13H17BrN2O2. The number of nitrogens with one attached hydrogen (secondary N) is 1. The molecule has 0 aromatic heterocycles. The first-order valence-corrected chi connectivity index (χ1v) is 6.84. The average molecular weight is 313 g/mol. The summed E-state index contributed by atoms with van der Waals surface area (Å²) in [5, 5.41) is 12.5. The third kappa shape index (κ3) is 2.84. The van der Waals surface area contributed by atoms with Crippen LogP contribution in [0.5, 0.6) is 5.75 Å². The van der Waals surface area contributed by atoms with Crippen molar-refractivity contribution in [3.8, 4) is 5.75 Å². The van der Waals surface area contributed by atoms with Crippen molar-refractivity contribution in [2.75, 3.05) is 13.6 Å². The zero-order valence-corrected chi connectivity index (χ0v) is 11.9. The zero-order valence-electron chi connectivity index (χ0n) is 10.3. The van der Waals surface area contributed by atoms with Gasteiger partial charge in [0, 0.05) is 23.6 Å². The minimum absolute atomic E-state index is 0.0574.